The lowest BCUT2D eigenvalue weighted by atomic mass is 9.99. The zero-order valence-corrected chi connectivity index (χ0v) is 21.6. The Morgan fingerprint density at radius 2 is 1.89 bits per heavy atom. The number of halogens is 4. The van der Waals surface area contributed by atoms with Gasteiger partial charge in [0.2, 0.25) is 5.91 Å². The molecule has 1 aliphatic heterocycles. The minimum atomic E-state index is -4.31. The SMILES string of the molecule is CN(Cc1nnc2n1CC(C(F)(F)F)CC2)C(=O)[C@H](Cc1ccc(Br)cc1)NC(=O)OC(C)(C)C. The number of alkyl halides is 3. The van der Waals surface area contributed by atoms with Crippen LogP contribution < -0.4 is 5.32 Å². The van der Waals surface area contributed by atoms with E-state index in [4.69, 9.17) is 4.74 Å². The number of amides is 2. The van der Waals surface area contributed by atoms with Crippen LogP contribution in [-0.4, -0.2) is 56.5 Å². The maximum atomic E-state index is 13.3. The van der Waals surface area contributed by atoms with Crippen LogP contribution in [0.1, 0.15) is 44.4 Å². The Balaban J connectivity index is 1.76. The number of nitrogens with zero attached hydrogens (tertiary/aromatic N) is 4. The number of aromatic nitrogens is 3. The van der Waals surface area contributed by atoms with E-state index >= 15 is 0 Å². The molecule has 1 aliphatic rings. The molecule has 0 bridgehead atoms. The number of ether oxygens (including phenoxy) is 1. The number of hydrogen-bond acceptors (Lipinski definition) is 5. The second kappa shape index (κ2) is 10.5. The standard InChI is InChI=1S/C23H29BrF3N5O3/c1-22(2,3)35-21(34)28-17(11-14-5-8-16(24)9-6-14)20(33)31(4)13-19-30-29-18-10-7-15(12-32(18)19)23(25,26)27/h5-6,8-9,15,17H,7,10-13H2,1-4H3,(H,28,34)/t15?,17-/m0/s1. The molecule has 1 aromatic heterocycles. The van der Waals surface area contributed by atoms with Crippen LogP contribution in [0.15, 0.2) is 28.7 Å². The van der Waals surface area contributed by atoms with E-state index in [9.17, 15) is 22.8 Å². The summed E-state index contributed by atoms with van der Waals surface area (Å²) in [6, 6.07) is 6.35. The molecular weight excluding hydrogens is 531 g/mol. The molecule has 0 radical (unpaired) electrons. The Labute approximate surface area is 210 Å². The van der Waals surface area contributed by atoms with Crippen molar-refractivity contribution in [3.8, 4) is 0 Å². The number of benzene rings is 1. The third-order valence-corrected chi connectivity index (χ3v) is 6.11. The number of hydrogen-bond donors (Lipinski definition) is 1. The summed E-state index contributed by atoms with van der Waals surface area (Å²) in [5.74, 6) is -1.17. The second-order valence-corrected chi connectivity index (χ2v) is 10.6. The van der Waals surface area contributed by atoms with Gasteiger partial charge in [0.25, 0.3) is 0 Å². The molecular formula is C23H29BrF3N5O3. The Morgan fingerprint density at radius 3 is 2.49 bits per heavy atom. The van der Waals surface area contributed by atoms with Crippen molar-refractivity contribution in [3.63, 3.8) is 0 Å². The number of carbonyl (C=O) groups excluding carboxylic acids is 2. The predicted molar refractivity (Wildman–Crippen MR) is 125 cm³/mol. The fraction of sp³-hybridized carbons (Fsp3) is 0.565. The average Bonchev–Trinajstić information content (AvgIpc) is 3.14. The summed E-state index contributed by atoms with van der Waals surface area (Å²) in [5, 5.41) is 10.7. The lowest BCUT2D eigenvalue weighted by Gasteiger charge is -2.28. The number of nitrogens with one attached hydrogen (secondary N) is 1. The molecule has 2 heterocycles. The second-order valence-electron chi connectivity index (χ2n) is 9.64. The van der Waals surface area contributed by atoms with Crippen LogP contribution in [0.5, 0.6) is 0 Å². The van der Waals surface area contributed by atoms with Gasteiger partial charge >= 0.3 is 12.3 Å². The number of likely N-dealkylation sites (N-methyl/N-ethyl adjacent to an activating group) is 1. The fourth-order valence-electron chi connectivity index (χ4n) is 3.83. The highest BCUT2D eigenvalue weighted by molar-refractivity contribution is 9.10. The van der Waals surface area contributed by atoms with E-state index in [2.05, 4.69) is 31.4 Å². The summed E-state index contributed by atoms with van der Waals surface area (Å²) in [4.78, 5) is 27.1. The summed E-state index contributed by atoms with van der Waals surface area (Å²) in [5.41, 5.74) is 0.0560. The first kappa shape index (κ1) is 27.0. The molecule has 0 saturated heterocycles. The molecule has 0 aliphatic carbocycles. The molecule has 1 aromatic carbocycles. The maximum absolute atomic E-state index is 13.3. The van der Waals surface area contributed by atoms with Crippen LogP contribution in [0.4, 0.5) is 18.0 Å². The van der Waals surface area contributed by atoms with E-state index in [1.807, 2.05) is 24.3 Å². The van der Waals surface area contributed by atoms with E-state index in [-0.39, 0.29) is 38.2 Å². The summed E-state index contributed by atoms with van der Waals surface area (Å²) in [7, 11) is 1.51. The fourth-order valence-corrected chi connectivity index (χ4v) is 4.09. The molecule has 2 amide bonds. The van der Waals surface area contributed by atoms with Crippen molar-refractivity contribution in [3.05, 3.63) is 46.0 Å². The normalized spacial score (nSPS) is 16.9. The molecule has 35 heavy (non-hydrogen) atoms. The number of aryl methyl sites for hydroxylation is 1. The van der Waals surface area contributed by atoms with E-state index in [1.165, 1.54) is 16.5 Å². The van der Waals surface area contributed by atoms with E-state index in [0.29, 0.717) is 5.82 Å². The zero-order valence-electron chi connectivity index (χ0n) is 20.0. The highest BCUT2D eigenvalue weighted by Crippen LogP contribution is 2.34. The molecule has 1 unspecified atom stereocenters. The average molecular weight is 560 g/mol. The van der Waals surface area contributed by atoms with Crippen LogP contribution in [0.25, 0.3) is 0 Å². The molecule has 2 aromatic rings. The molecule has 12 heteroatoms. The lowest BCUT2D eigenvalue weighted by Crippen LogP contribution is -2.49. The molecule has 0 spiro atoms. The molecule has 8 nitrogen and oxygen atoms in total. The summed E-state index contributed by atoms with van der Waals surface area (Å²) < 4.78 is 47.4. The summed E-state index contributed by atoms with van der Waals surface area (Å²) in [6.07, 6.45) is -4.72. The Kier molecular flexibility index (Phi) is 8.13. The van der Waals surface area contributed by atoms with Crippen LogP contribution in [0, 0.1) is 5.92 Å². The van der Waals surface area contributed by atoms with Gasteiger partial charge in [-0.1, -0.05) is 28.1 Å². The first-order chi connectivity index (χ1) is 16.2. The van der Waals surface area contributed by atoms with Gasteiger partial charge in [0.05, 0.1) is 12.5 Å². The third-order valence-electron chi connectivity index (χ3n) is 5.58. The van der Waals surface area contributed by atoms with Crippen LogP contribution in [0.2, 0.25) is 0 Å². The highest BCUT2D eigenvalue weighted by Gasteiger charge is 2.42. The van der Waals surface area contributed by atoms with Gasteiger partial charge in [0.1, 0.15) is 17.5 Å². The van der Waals surface area contributed by atoms with Gasteiger partial charge in [-0.3, -0.25) is 4.79 Å². The third kappa shape index (κ3) is 7.42. The van der Waals surface area contributed by atoms with Crippen molar-refractivity contribution < 1.29 is 27.5 Å². The first-order valence-corrected chi connectivity index (χ1v) is 12.0. The van der Waals surface area contributed by atoms with E-state index in [0.717, 1.165) is 10.0 Å². The minimum absolute atomic E-state index is 0.0362. The van der Waals surface area contributed by atoms with Gasteiger partial charge in [-0.15, -0.1) is 10.2 Å². The van der Waals surface area contributed by atoms with Crippen LogP contribution in [-0.2, 0) is 35.5 Å². The van der Waals surface area contributed by atoms with Crippen LogP contribution in [0.3, 0.4) is 0 Å². The highest BCUT2D eigenvalue weighted by atomic mass is 79.9. The lowest BCUT2D eigenvalue weighted by molar-refractivity contribution is -0.182. The number of rotatable bonds is 6. The molecule has 0 fully saturated rings. The van der Waals surface area contributed by atoms with Crippen molar-refractivity contribution in [2.75, 3.05) is 7.05 Å². The van der Waals surface area contributed by atoms with Crippen molar-refractivity contribution in [1.29, 1.82) is 0 Å². The van der Waals surface area contributed by atoms with E-state index < -0.39 is 35.7 Å². The largest absolute Gasteiger partial charge is 0.444 e. The van der Waals surface area contributed by atoms with Crippen molar-refractivity contribution in [2.24, 2.45) is 5.92 Å². The number of carbonyl (C=O) groups is 2. The first-order valence-electron chi connectivity index (χ1n) is 11.2. The van der Waals surface area contributed by atoms with Crippen molar-refractivity contribution >= 4 is 27.9 Å². The van der Waals surface area contributed by atoms with Gasteiger partial charge in [-0.05, 0) is 44.9 Å². The smallest absolute Gasteiger partial charge is 0.408 e. The predicted octanol–water partition coefficient (Wildman–Crippen LogP) is 4.26. The monoisotopic (exact) mass is 559 g/mol. The maximum Gasteiger partial charge on any atom is 0.408 e. The molecule has 0 saturated carbocycles. The van der Waals surface area contributed by atoms with Crippen molar-refractivity contribution in [2.45, 2.75) is 70.9 Å². The topological polar surface area (TPSA) is 89.4 Å². The van der Waals surface area contributed by atoms with Gasteiger partial charge in [0, 0.05) is 30.9 Å². The zero-order chi connectivity index (χ0) is 26.0. The van der Waals surface area contributed by atoms with E-state index in [1.54, 1.807) is 20.8 Å². The van der Waals surface area contributed by atoms with Crippen LogP contribution >= 0.6 is 15.9 Å². The molecule has 192 valence electrons. The van der Waals surface area contributed by atoms with Gasteiger partial charge in [-0.25, -0.2) is 4.79 Å². The Morgan fingerprint density at radius 1 is 1.23 bits per heavy atom. The Hall–Kier alpha value is -2.63. The molecule has 1 N–H and O–H groups in total. The van der Waals surface area contributed by atoms with Gasteiger partial charge < -0.3 is 19.5 Å². The quantitative estimate of drug-likeness (QED) is 0.571. The molecule has 2 atom stereocenters. The summed E-state index contributed by atoms with van der Waals surface area (Å²) >= 11 is 3.37. The summed E-state index contributed by atoms with van der Waals surface area (Å²) in [6.45, 7) is 4.82. The van der Waals surface area contributed by atoms with Gasteiger partial charge in [-0.2, -0.15) is 13.2 Å². The van der Waals surface area contributed by atoms with Gasteiger partial charge in [0.15, 0.2) is 5.82 Å². The minimum Gasteiger partial charge on any atom is -0.444 e. The number of alkyl carbamates (subject to hydrolysis) is 1. The Bertz CT molecular complexity index is 1050. The number of fused-ring (bicyclic) bond motifs is 1. The van der Waals surface area contributed by atoms with Crippen molar-refractivity contribution in [1.82, 2.24) is 25.0 Å². The molecule has 3 rings (SSSR count).